The van der Waals surface area contributed by atoms with E-state index >= 15 is 0 Å². The molecule has 25 heavy (non-hydrogen) atoms. The van der Waals surface area contributed by atoms with E-state index in [1.165, 1.54) is 0 Å². The summed E-state index contributed by atoms with van der Waals surface area (Å²) in [4.78, 5) is 15.8. The van der Waals surface area contributed by atoms with Crippen LogP contribution in [-0.4, -0.2) is 10.1 Å². The van der Waals surface area contributed by atoms with E-state index in [0.717, 1.165) is 16.2 Å². The molecule has 2 heterocycles. The normalized spacial score (nSPS) is 11.5. The second-order valence-electron chi connectivity index (χ2n) is 6.07. The van der Waals surface area contributed by atoms with Crippen LogP contribution in [-0.2, 0) is 0 Å². The predicted molar refractivity (Wildman–Crippen MR) is 98.9 cm³/mol. The zero-order valence-electron chi connectivity index (χ0n) is 13.1. The maximum atomic E-state index is 12.7. The van der Waals surface area contributed by atoms with E-state index in [0.29, 0.717) is 27.9 Å². The third-order valence-corrected chi connectivity index (χ3v) is 4.51. The first-order chi connectivity index (χ1) is 12.2. The van der Waals surface area contributed by atoms with E-state index in [1.54, 1.807) is 6.07 Å². The summed E-state index contributed by atoms with van der Waals surface area (Å²) in [6.45, 7) is 0. The fourth-order valence-electron chi connectivity index (χ4n) is 3.25. The highest BCUT2D eigenvalue weighted by Gasteiger charge is 2.16. The van der Waals surface area contributed by atoms with Gasteiger partial charge in [-0.2, -0.15) is 0 Å². The molecular weight excluding hydrogens is 314 g/mol. The Bertz CT molecular complexity index is 1290. The van der Waals surface area contributed by atoms with Crippen molar-refractivity contribution in [1.82, 2.24) is 4.98 Å². The average molecular weight is 327 g/mol. The summed E-state index contributed by atoms with van der Waals surface area (Å²) in [5.41, 5.74) is 1.26. The second kappa shape index (κ2) is 4.98. The molecule has 2 aromatic heterocycles. The lowest BCUT2D eigenvalue weighted by Gasteiger charge is -2.06. The molecule has 0 saturated carbocycles. The quantitative estimate of drug-likeness (QED) is 0.435. The van der Waals surface area contributed by atoms with Crippen molar-refractivity contribution in [3.63, 3.8) is 0 Å². The van der Waals surface area contributed by atoms with Gasteiger partial charge in [-0.25, -0.2) is 0 Å². The minimum Gasteiger partial charge on any atom is -0.503 e. The Morgan fingerprint density at radius 2 is 1.52 bits per heavy atom. The van der Waals surface area contributed by atoms with Gasteiger partial charge < -0.3 is 14.5 Å². The predicted octanol–water partition coefficient (Wildman–Crippen LogP) is 4.80. The molecule has 0 spiro atoms. The molecule has 120 valence electrons. The van der Waals surface area contributed by atoms with Crippen LogP contribution in [0.5, 0.6) is 5.75 Å². The van der Waals surface area contributed by atoms with Crippen molar-refractivity contribution in [2.45, 2.75) is 0 Å². The molecule has 0 atom stereocenters. The fraction of sp³-hybridized carbons (Fsp3) is 0. The van der Waals surface area contributed by atoms with Crippen LogP contribution >= 0.6 is 0 Å². The largest absolute Gasteiger partial charge is 0.503 e. The van der Waals surface area contributed by atoms with Gasteiger partial charge in [0, 0.05) is 5.39 Å². The van der Waals surface area contributed by atoms with Crippen molar-refractivity contribution < 1.29 is 9.52 Å². The lowest BCUT2D eigenvalue weighted by Crippen LogP contribution is -2.04. The first-order valence-electron chi connectivity index (χ1n) is 7.97. The molecule has 0 aliphatic heterocycles. The van der Waals surface area contributed by atoms with Crippen molar-refractivity contribution in [2.24, 2.45) is 0 Å². The van der Waals surface area contributed by atoms with Crippen LogP contribution in [0, 0.1) is 0 Å². The summed E-state index contributed by atoms with van der Waals surface area (Å²) >= 11 is 0. The molecule has 0 unspecified atom stereocenters. The van der Waals surface area contributed by atoms with E-state index < -0.39 is 5.43 Å². The Morgan fingerprint density at radius 1 is 0.840 bits per heavy atom. The molecule has 3 aromatic carbocycles. The molecule has 2 N–H and O–H groups in total. The maximum absolute atomic E-state index is 12.7. The minimum atomic E-state index is -0.407. The van der Waals surface area contributed by atoms with Gasteiger partial charge in [0.25, 0.3) is 0 Å². The number of hydrogen-bond donors (Lipinski definition) is 2. The van der Waals surface area contributed by atoms with Crippen LogP contribution < -0.4 is 5.43 Å². The fourth-order valence-corrected chi connectivity index (χ4v) is 3.25. The summed E-state index contributed by atoms with van der Waals surface area (Å²) in [7, 11) is 0. The first-order valence-corrected chi connectivity index (χ1v) is 7.97. The van der Waals surface area contributed by atoms with E-state index in [2.05, 4.69) is 4.98 Å². The Labute approximate surface area is 142 Å². The molecule has 0 amide bonds. The molecule has 4 heteroatoms. The van der Waals surface area contributed by atoms with Crippen molar-refractivity contribution in [3.8, 4) is 17.2 Å². The number of benzene rings is 3. The van der Waals surface area contributed by atoms with Gasteiger partial charge >= 0.3 is 0 Å². The number of rotatable bonds is 1. The topological polar surface area (TPSA) is 66.2 Å². The van der Waals surface area contributed by atoms with Gasteiger partial charge in [-0.15, -0.1) is 0 Å². The average Bonchev–Trinajstić information content (AvgIpc) is 3.07. The molecule has 4 nitrogen and oxygen atoms in total. The maximum Gasteiger partial charge on any atom is 0.231 e. The van der Waals surface area contributed by atoms with E-state index in [9.17, 15) is 9.90 Å². The van der Waals surface area contributed by atoms with Gasteiger partial charge in [-0.3, -0.25) is 4.79 Å². The Kier molecular flexibility index (Phi) is 2.76. The first kappa shape index (κ1) is 13.9. The molecule has 5 aromatic rings. The van der Waals surface area contributed by atoms with Crippen molar-refractivity contribution in [2.75, 3.05) is 0 Å². The van der Waals surface area contributed by atoms with Crippen LogP contribution in [0.15, 0.2) is 75.9 Å². The standard InChI is InChI=1S/C21H13NO3/c23-20-15-9-12-5-1-2-6-13(12)10-16(15)22-19(21(20)24)18-11-14-7-3-4-8-17(14)25-18/h1-11,24H,(H,22,23). The highest BCUT2D eigenvalue weighted by Crippen LogP contribution is 2.32. The Hall–Kier alpha value is -3.53. The highest BCUT2D eigenvalue weighted by atomic mass is 16.3. The number of para-hydroxylation sites is 1. The smallest absolute Gasteiger partial charge is 0.231 e. The Morgan fingerprint density at radius 3 is 2.28 bits per heavy atom. The molecule has 0 fully saturated rings. The van der Waals surface area contributed by atoms with Gasteiger partial charge in [0.15, 0.2) is 11.5 Å². The number of H-pyrrole nitrogens is 1. The van der Waals surface area contributed by atoms with Crippen LogP contribution in [0.4, 0.5) is 0 Å². The van der Waals surface area contributed by atoms with Crippen LogP contribution in [0.1, 0.15) is 0 Å². The van der Waals surface area contributed by atoms with Crippen molar-refractivity contribution in [3.05, 3.63) is 77.0 Å². The van der Waals surface area contributed by atoms with Crippen LogP contribution in [0.3, 0.4) is 0 Å². The summed E-state index contributed by atoms with van der Waals surface area (Å²) in [6, 6.07) is 20.9. The zero-order chi connectivity index (χ0) is 17.0. The molecule has 0 bridgehead atoms. The lowest BCUT2D eigenvalue weighted by atomic mass is 10.1. The third-order valence-electron chi connectivity index (χ3n) is 4.51. The molecular formula is C21H13NO3. The van der Waals surface area contributed by atoms with E-state index in [4.69, 9.17) is 4.42 Å². The summed E-state index contributed by atoms with van der Waals surface area (Å²) in [5.74, 6) is 0.104. The molecule has 5 rings (SSSR count). The van der Waals surface area contributed by atoms with Gasteiger partial charge in [0.05, 0.1) is 10.9 Å². The number of furan rings is 1. The number of aromatic amines is 1. The number of hydrogen-bond acceptors (Lipinski definition) is 3. The van der Waals surface area contributed by atoms with Crippen LogP contribution in [0.25, 0.3) is 44.1 Å². The lowest BCUT2D eigenvalue weighted by molar-refractivity contribution is 0.468. The number of aromatic nitrogens is 1. The third kappa shape index (κ3) is 2.04. The van der Waals surface area contributed by atoms with Crippen molar-refractivity contribution in [1.29, 1.82) is 0 Å². The molecule has 0 aliphatic carbocycles. The Balaban J connectivity index is 1.85. The minimum absolute atomic E-state index is 0.295. The molecule has 0 radical (unpaired) electrons. The monoisotopic (exact) mass is 327 g/mol. The van der Waals surface area contributed by atoms with Crippen molar-refractivity contribution >= 4 is 32.6 Å². The number of aromatic hydroxyl groups is 1. The SMILES string of the molecule is O=c1c(O)c(-c2cc3ccccc3o2)[nH]c2cc3ccccc3cc12. The number of pyridine rings is 1. The second-order valence-corrected chi connectivity index (χ2v) is 6.07. The van der Waals surface area contributed by atoms with Gasteiger partial charge in [-0.05, 0) is 35.0 Å². The summed E-state index contributed by atoms with van der Waals surface area (Å²) in [6.07, 6.45) is 0. The van der Waals surface area contributed by atoms with Crippen LogP contribution in [0.2, 0.25) is 0 Å². The van der Waals surface area contributed by atoms with Gasteiger partial charge in [-0.1, -0.05) is 42.5 Å². The molecule has 0 aliphatic rings. The zero-order valence-corrected chi connectivity index (χ0v) is 13.1. The van der Waals surface area contributed by atoms with E-state index in [1.807, 2.05) is 60.7 Å². The molecule has 0 saturated heterocycles. The van der Waals surface area contributed by atoms with E-state index in [-0.39, 0.29) is 5.75 Å². The number of fused-ring (bicyclic) bond motifs is 3. The van der Waals surface area contributed by atoms with Gasteiger partial charge in [0.2, 0.25) is 5.43 Å². The summed E-state index contributed by atoms with van der Waals surface area (Å²) < 4.78 is 5.80. The number of nitrogens with one attached hydrogen (secondary N) is 1. The highest BCUT2D eigenvalue weighted by molar-refractivity contribution is 5.98. The van der Waals surface area contributed by atoms with Gasteiger partial charge in [0.1, 0.15) is 11.3 Å². The summed E-state index contributed by atoms with van der Waals surface area (Å²) in [5, 5.41) is 13.8.